The van der Waals surface area contributed by atoms with Crippen LogP contribution in [0, 0.1) is 5.82 Å². The lowest BCUT2D eigenvalue weighted by atomic mass is 10.0. The van der Waals surface area contributed by atoms with E-state index in [4.69, 9.17) is 5.21 Å². The van der Waals surface area contributed by atoms with Crippen LogP contribution < -0.4 is 5.48 Å². The first-order valence-electron chi connectivity index (χ1n) is 4.30. The van der Waals surface area contributed by atoms with Gasteiger partial charge in [-0.2, -0.15) is 0 Å². The van der Waals surface area contributed by atoms with E-state index in [9.17, 15) is 4.39 Å². The van der Waals surface area contributed by atoms with E-state index in [0.717, 1.165) is 5.56 Å². The maximum atomic E-state index is 13.2. The minimum atomic E-state index is -0.184. The van der Waals surface area contributed by atoms with Crippen LogP contribution in [0.25, 0.3) is 0 Å². The molecule has 0 aromatic heterocycles. The summed E-state index contributed by atoms with van der Waals surface area (Å²) in [6.07, 6.45) is 0. The van der Waals surface area contributed by atoms with E-state index in [1.54, 1.807) is 12.1 Å². The van der Waals surface area contributed by atoms with E-state index in [1.165, 1.54) is 6.07 Å². The van der Waals surface area contributed by atoms with Gasteiger partial charge in [-0.15, -0.1) is 0 Å². The topological polar surface area (TPSA) is 32.3 Å². The monoisotopic (exact) mass is 183 g/mol. The molecule has 0 unspecified atom stereocenters. The Morgan fingerprint density at radius 2 is 2.15 bits per heavy atom. The third-order valence-corrected chi connectivity index (χ3v) is 1.97. The molecule has 3 heteroatoms. The molecule has 0 saturated carbocycles. The third kappa shape index (κ3) is 2.50. The number of halogens is 1. The molecular weight excluding hydrogens is 169 g/mol. The molecule has 0 heterocycles. The molecule has 2 nitrogen and oxygen atoms in total. The van der Waals surface area contributed by atoms with Crippen LogP contribution in [0.15, 0.2) is 18.2 Å². The number of hydrogen-bond acceptors (Lipinski definition) is 2. The number of hydrogen-bond donors (Lipinski definition) is 2. The normalized spacial score (nSPS) is 10.8. The molecule has 0 fully saturated rings. The van der Waals surface area contributed by atoms with Crippen molar-refractivity contribution in [2.24, 2.45) is 0 Å². The van der Waals surface area contributed by atoms with Crippen LogP contribution in [0.5, 0.6) is 0 Å². The second-order valence-corrected chi connectivity index (χ2v) is 3.35. The van der Waals surface area contributed by atoms with Gasteiger partial charge in [0.25, 0.3) is 0 Å². The first-order chi connectivity index (χ1) is 6.15. The fourth-order valence-corrected chi connectivity index (χ4v) is 1.24. The molecule has 72 valence electrons. The molecule has 0 aliphatic carbocycles. The maximum Gasteiger partial charge on any atom is 0.126 e. The highest BCUT2D eigenvalue weighted by Gasteiger charge is 2.06. The Morgan fingerprint density at radius 3 is 2.69 bits per heavy atom. The molecule has 1 rings (SSSR count). The summed E-state index contributed by atoms with van der Waals surface area (Å²) in [6, 6.07) is 4.86. The van der Waals surface area contributed by atoms with Crippen molar-refractivity contribution in [2.45, 2.75) is 26.3 Å². The van der Waals surface area contributed by atoms with Crippen molar-refractivity contribution < 1.29 is 9.60 Å². The highest BCUT2D eigenvalue weighted by atomic mass is 19.1. The van der Waals surface area contributed by atoms with Crippen LogP contribution in [0.1, 0.15) is 30.9 Å². The second kappa shape index (κ2) is 4.35. The van der Waals surface area contributed by atoms with Crippen molar-refractivity contribution in [3.63, 3.8) is 0 Å². The quantitative estimate of drug-likeness (QED) is 0.705. The number of rotatable bonds is 3. The summed E-state index contributed by atoms with van der Waals surface area (Å²) >= 11 is 0. The predicted octanol–water partition coefficient (Wildman–Crippen LogP) is 2.43. The molecule has 0 aliphatic rings. The van der Waals surface area contributed by atoms with Gasteiger partial charge in [-0.1, -0.05) is 26.0 Å². The Morgan fingerprint density at radius 1 is 1.46 bits per heavy atom. The minimum absolute atomic E-state index is 0.165. The molecule has 0 radical (unpaired) electrons. The van der Waals surface area contributed by atoms with Gasteiger partial charge in [-0.05, 0) is 23.1 Å². The van der Waals surface area contributed by atoms with Gasteiger partial charge in [0.1, 0.15) is 5.82 Å². The molecule has 0 amide bonds. The number of hydroxylamine groups is 1. The van der Waals surface area contributed by atoms with Crippen molar-refractivity contribution in [3.8, 4) is 0 Å². The first kappa shape index (κ1) is 10.2. The van der Waals surface area contributed by atoms with Gasteiger partial charge in [0.2, 0.25) is 0 Å². The lowest BCUT2D eigenvalue weighted by Crippen LogP contribution is -2.07. The molecule has 0 aliphatic heterocycles. The van der Waals surface area contributed by atoms with Gasteiger partial charge in [0.05, 0.1) is 0 Å². The second-order valence-electron chi connectivity index (χ2n) is 3.35. The molecule has 13 heavy (non-hydrogen) atoms. The molecule has 0 bridgehead atoms. The molecule has 2 N–H and O–H groups in total. The van der Waals surface area contributed by atoms with E-state index in [1.807, 2.05) is 19.3 Å². The smallest absolute Gasteiger partial charge is 0.126 e. The van der Waals surface area contributed by atoms with Crippen LogP contribution in [0.2, 0.25) is 0 Å². The summed E-state index contributed by atoms with van der Waals surface area (Å²) < 4.78 is 13.2. The van der Waals surface area contributed by atoms with Gasteiger partial charge in [0.15, 0.2) is 0 Å². The van der Waals surface area contributed by atoms with Crippen molar-refractivity contribution in [1.29, 1.82) is 0 Å². The fourth-order valence-electron chi connectivity index (χ4n) is 1.24. The Bertz CT molecular complexity index is 286. The SMILES string of the molecule is CC(C)c1cc(CNO)ccc1F. The highest BCUT2D eigenvalue weighted by Crippen LogP contribution is 2.19. The van der Waals surface area contributed by atoms with E-state index in [2.05, 4.69) is 0 Å². The zero-order valence-electron chi connectivity index (χ0n) is 7.84. The Balaban J connectivity index is 2.97. The van der Waals surface area contributed by atoms with Gasteiger partial charge in [-0.3, -0.25) is 0 Å². The molecular formula is C10H14FNO. The van der Waals surface area contributed by atoms with E-state index >= 15 is 0 Å². The summed E-state index contributed by atoms with van der Waals surface area (Å²) in [5.74, 6) is -0.0182. The molecule has 0 spiro atoms. The summed E-state index contributed by atoms with van der Waals surface area (Å²) in [5, 5.41) is 8.47. The van der Waals surface area contributed by atoms with Crippen molar-refractivity contribution in [1.82, 2.24) is 5.48 Å². The molecule has 0 saturated heterocycles. The summed E-state index contributed by atoms with van der Waals surface area (Å²) in [5.41, 5.74) is 3.62. The standard InChI is InChI=1S/C10H14FNO/c1-7(2)9-5-8(6-12-13)3-4-10(9)11/h3-5,7,12-13H,6H2,1-2H3. The Labute approximate surface area is 77.4 Å². The van der Waals surface area contributed by atoms with Crippen LogP contribution >= 0.6 is 0 Å². The highest BCUT2D eigenvalue weighted by molar-refractivity contribution is 5.27. The van der Waals surface area contributed by atoms with Crippen LogP contribution in [-0.4, -0.2) is 5.21 Å². The Hall–Kier alpha value is -0.930. The third-order valence-electron chi connectivity index (χ3n) is 1.97. The van der Waals surface area contributed by atoms with Gasteiger partial charge in [-0.25, -0.2) is 9.87 Å². The summed E-state index contributed by atoms with van der Waals surface area (Å²) in [4.78, 5) is 0. The largest absolute Gasteiger partial charge is 0.316 e. The predicted molar refractivity (Wildman–Crippen MR) is 49.1 cm³/mol. The van der Waals surface area contributed by atoms with E-state index in [0.29, 0.717) is 12.1 Å². The van der Waals surface area contributed by atoms with Crippen LogP contribution in [0.4, 0.5) is 4.39 Å². The molecule has 1 aromatic rings. The molecule has 1 aromatic carbocycles. The van der Waals surface area contributed by atoms with E-state index in [-0.39, 0.29) is 11.7 Å². The van der Waals surface area contributed by atoms with Gasteiger partial charge in [0, 0.05) is 6.54 Å². The maximum absolute atomic E-state index is 13.2. The Kier molecular flexibility index (Phi) is 3.39. The van der Waals surface area contributed by atoms with Gasteiger partial charge < -0.3 is 5.21 Å². The van der Waals surface area contributed by atoms with Crippen molar-refractivity contribution >= 4 is 0 Å². The van der Waals surface area contributed by atoms with E-state index < -0.39 is 0 Å². The number of nitrogens with one attached hydrogen (secondary N) is 1. The lowest BCUT2D eigenvalue weighted by Gasteiger charge is -2.08. The van der Waals surface area contributed by atoms with Crippen LogP contribution in [-0.2, 0) is 6.54 Å². The van der Waals surface area contributed by atoms with Crippen molar-refractivity contribution in [2.75, 3.05) is 0 Å². The summed E-state index contributed by atoms with van der Waals surface area (Å²) in [6.45, 7) is 4.23. The average molecular weight is 183 g/mol. The zero-order valence-corrected chi connectivity index (χ0v) is 7.84. The average Bonchev–Trinajstić information content (AvgIpc) is 2.08. The van der Waals surface area contributed by atoms with Crippen molar-refractivity contribution in [3.05, 3.63) is 35.1 Å². The first-order valence-corrected chi connectivity index (χ1v) is 4.30. The van der Waals surface area contributed by atoms with Gasteiger partial charge >= 0.3 is 0 Å². The lowest BCUT2D eigenvalue weighted by molar-refractivity contribution is 0.161. The van der Waals surface area contributed by atoms with Crippen LogP contribution in [0.3, 0.4) is 0 Å². The molecule has 0 atom stereocenters. The zero-order chi connectivity index (χ0) is 9.84. The minimum Gasteiger partial charge on any atom is -0.316 e. The fraction of sp³-hybridized carbons (Fsp3) is 0.400. The summed E-state index contributed by atoms with van der Waals surface area (Å²) in [7, 11) is 0. The number of benzene rings is 1.